The molecule has 0 radical (unpaired) electrons. The Bertz CT molecular complexity index is 398. The van der Waals surface area contributed by atoms with Gasteiger partial charge in [0.2, 0.25) is 0 Å². The molecule has 1 atom stereocenters. The summed E-state index contributed by atoms with van der Waals surface area (Å²) in [5, 5.41) is 3.30. The van der Waals surface area contributed by atoms with Gasteiger partial charge in [-0.3, -0.25) is 4.99 Å². The number of rotatable bonds is 5. The fraction of sp³-hybridized carbons (Fsp3) is 0.882. The number of ether oxygens (including phenoxy) is 1. The third kappa shape index (κ3) is 8.67. The van der Waals surface area contributed by atoms with Gasteiger partial charge in [-0.15, -0.1) is 0 Å². The molecular formula is C17H34N4O2. The van der Waals surface area contributed by atoms with E-state index < -0.39 is 5.60 Å². The molecule has 0 bridgehead atoms. The van der Waals surface area contributed by atoms with E-state index in [1.165, 1.54) is 32.1 Å². The zero-order chi connectivity index (χ0) is 17.5. The molecule has 0 saturated heterocycles. The molecule has 1 aliphatic rings. The van der Waals surface area contributed by atoms with Crippen molar-refractivity contribution < 1.29 is 9.53 Å². The quantitative estimate of drug-likeness (QED) is 0.601. The van der Waals surface area contributed by atoms with Gasteiger partial charge >= 0.3 is 6.09 Å². The van der Waals surface area contributed by atoms with Gasteiger partial charge in [0.15, 0.2) is 5.96 Å². The van der Waals surface area contributed by atoms with Crippen molar-refractivity contribution in [1.29, 1.82) is 0 Å². The molecule has 23 heavy (non-hydrogen) atoms. The van der Waals surface area contributed by atoms with Gasteiger partial charge < -0.3 is 20.7 Å². The van der Waals surface area contributed by atoms with Crippen LogP contribution in [0.4, 0.5) is 4.79 Å². The topological polar surface area (TPSA) is 80.0 Å². The molecule has 0 aromatic heterocycles. The fourth-order valence-electron chi connectivity index (χ4n) is 2.70. The summed E-state index contributed by atoms with van der Waals surface area (Å²) in [4.78, 5) is 17.9. The Labute approximate surface area is 140 Å². The van der Waals surface area contributed by atoms with Crippen molar-refractivity contribution in [2.75, 3.05) is 20.1 Å². The molecule has 1 rings (SSSR count). The number of nitrogens with two attached hydrogens (primary N) is 1. The van der Waals surface area contributed by atoms with Crippen LogP contribution in [0.5, 0.6) is 0 Å². The smallest absolute Gasteiger partial charge is 0.410 e. The molecule has 0 aliphatic heterocycles. The predicted octanol–water partition coefficient (Wildman–Crippen LogP) is 2.73. The molecule has 1 amide bonds. The van der Waals surface area contributed by atoms with Gasteiger partial charge in [-0.25, -0.2) is 4.79 Å². The van der Waals surface area contributed by atoms with Crippen LogP contribution in [-0.4, -0.2) is 48.7 Å². The maximum absolute atomic E-state index is 11.9. The number of nitrogens with one attached hydrogen (secondary N) is 1. The first-order valence-electron chi connectivity index (χ1n) is 8.68. The van der Waals surface area contributed by atoms with E-state index in [2.05, 4.69) is 17.2 Å². The Kier molecular flexibility index (Phi) is 7.65. The van der Waals surface area contributed by atoms with E-state index in [9.17, 15) is 4.79 Å². The molecule has 0 aromatic carbocycles. The van der Waals surface area contributed by atoms with Crippen molar-refractivity contribution in [1.82, 2.24) is 10.2 Å². The van der Waals surface area contributed by atoms with Crippen molar-refractivity contribution in [3.05, 3.63) is 0 Å². The van der Waals surface area contributed by atoms with Gasteiger partial charge in [0.1, 0.15) is 5.60 Å². The van der Waals surface area contributed by atoms with Gasteiger partial charge in [0, 0.05) is 26.2 Å². The van der Waals surface area contributed by atoms with Crippen LogP contribution in [0.3, 0.4) is 0 Å². The van der Waals surface area contributed by atoms with Crippen LogP contribution >= 0.6 is 0 Å². The number of carbonyl (C=O) groups excluding carboxylic acids is 1. The summed E-state index contributed by atoms with van der Waals surface area (Å²) in [6.45, 7) is 8.84. The van der Waals surface area contributed by atoms with E-state index in [4.69, 9.17) is 10.5 Å². The highest BCUT2D eigenvalue weighted by Gasteiger charge is 2.20. The van der Waals surface area contributed by atoms with Crippen LogP contribution in [-0.2, 0) is 4.74 Å². The summed E-state index contributed by atoms with van der Waals surface area (Å²) in [5.74, 6) is 0.739. The van der Waals surface area contributed by atoms with Crippen LogP contribution in [0.15, 0.2) is 4.99 Å². The second-order valence-electron chi connectivity index (χ2n) is 7.67. The number of hydrogen-bond donors (Lipinski definition) is 2. The van der Waals surface area contributed by atoms with E-state index in [0.29, 0.717) is 25.1 Å². The molecule has 1 saturated carbocycles. The summed E-state index contributed by atoms with van der Waals surface area (Å²) in [6, 6.07) is 0.465. The molecule has 3 N–H and O–H groups in total. The Balaban J connectivity index is 2.32. The highest BCUT2D eigenvalue weighted by atomic mass is 16.6. The van der Waals surface area contributed by atoms with E-state index in [0.717, 1.165) is 0 Å². The normalized spacial score (nSPS) is 18.4. The SMILES string of the molecule is CC(CN=C(N)NC1CCCCC1)CN(C)C(=O)OC(C)(C)C. The largest absolute Gasteiger partial charge is 0.444 e. The standard InChI is InChI=1S/C17H34N4O2/c1-13(12-21(5)16(22)23-17(2,3)4)11-19-15(18)20-14-9-7-6-8-10-14/h13-14H,6-12H2,1-5H3,(H3,18,19,20). The second-order valence-corrected chi connectivity index (χ2v) is 7.67. The van der Waals surface area contributed by atoms with Crippen molar-refractivity contribution >= 4 is 12.1 Å². The highest BCUT2D eigenvalue weighted by molar-refractivity contribution is 5.78. The molecule has 6 nitrogen and oxygen atoms in total. The predicted molar refractivity (Wildman–Crippen MR) is 94.5 cm³/mol. The minimum absolute atomic E-state index is 0.222. The summed E-state index contributed by atoms with van der Waals surface area (Å²) in [6.07, 6.45) is 5.90. The van der Waals surface area contributed by atoms with Crippen molar-refractivity contribution in [2.24, 2.45) is 16.6 Å². The summed E-state index contributed by atoms with van der Waals surface area (Å²) >= 11 is 0. The van der Waals surface area contributed by atoms with E-state index in [1.807, 2.05) is 20.8 Å². The molecule has 0 spiro atoms. The molecule has 0 aromatic rings. The zero-order valence-electron chi connectivity index (χ0n) is 15.4. The maximum Gasteiger partial charge on any atom is 0.410 e. The number of hydrogen-bond acceptors (Lipinski definition) is 3. The number of guanidine groups is 1. The molecule has 1 fully saturated rings. The van der Waals surface area contributed by atoms with Crippen molar-refractivity contribution in [3.63, 3.8) is 0 Å². The molecule has 0 heterocycles. The van der Waals surface area contributed by atoms with Crippen LogP contribution in [0.2, 0.25) is 0 Å². The van der Waals surface area contributed by atoms with E-state index >= 15 is 0 Å². The first kappa shape index (κ1) is 19.6. The third-order valence-electron chi connectivity index (χ3n) is 3.82. The van der Waals surface area contributed by atoms with Gasteiger partial charge in [-0.2, -0.15) is 0 Å². The van der Waals surface area contributed by atoms with Crippen LogP contribution in [0.25, 0.3) is 0 Å². The van der Waals surface area contributed by atoms with Gasteiger partial charge in [-0.05, 0) is 39.5 Å². The fourth-order valence-corrected chi connectivity index (χ4v) is 2.70. The molecule has 1 aliphatic carbocycles. The third-order valence-corrected chi connectivity index (χ3v) is 3.82. The number of aliphatic imine (C=N–C) groups is 1. The van der Waals surface area contributed by atoms with Crippen molar-refractivity contribution in [2.45, 2.75) is 71.4 Å². The highest BCUT2D eigenvalue weighted by Crippen LogP contribution is 2.17. The molecule has 1 unspecified atom stereocenters. The Morgan fingerprint density at radius 2 is 1.96 bits per heavy atom. The van der Waals surface area contributed by atoms with Gasteiger partial charge in [0.25, 0.3) is 0 Å². The number of amides is 1. The molecular weight excluding hydrogens is 292 g/mol. The van der Waals surface area contributed by atoms with Crippen LogP contribution in [0, 0.1) is 5.92 Å². The molecule has 134 valence electrons. The lowest BCUT2D eigenvalue weighted by molar-refractivity contribution is 0.0279. The first-order valence-corrected chi connectivity index (χ1v) is 8.68. The maximum atomic E-state index is 11.9. The average molecular weight is 326 g/mol. The lowest BCUT2D eigenvalue weighted by atomic mass is 9.96. The monoisotopic (exact) mass is 326 g/mol. The van der Waals surface area contributed by atoms with Crippen LogP contribution < -0.4 is 11.1 Å². The van der Waals surface area contributed by atoms with Crippen LogP contribution in [0.1, 0.15) is 59.8 Å². The van der Waals surface area contributed by atoms with Gasteiger partial charge in [0.05, 0.1) is 0 Å². The van der Waals surface area contributed by atoms with E-state index in [1.54, 1.807) is 11.9 Å². The summed E-state index contributed by atoms with van der Waals surface area (Å²) in [7, 11) is 1.75. The Hall–Kier alpha value is -1.46. The Morgan fingerprint density at radius 1 is 1.35 bits per heavy atom. The van der Waals surface area contributed by atoms with Crippen molar-refractivity contribution in [3.8, 4) is 0 Å². The summed E-state index contributed by atoms with van der Waals surface area (Å²) < 4.78 is 5.34. The van der Waals surface area contributed by atoms with Gasteiger partial charge in [-0.1, -0.05) is 26.2 Å². The minimum Gasteiger partial charge on any atom is -0.444 e. The molecule has 6 heteroatoms. The lowest BCUT2D eigenvalue weighted by Gasteiger charge is -2.26. The minimum atomic E-state index is -0.471. The lowest BCUT2D eigenvalue weighted by Crippen LogP contribution is -2.41. The second kappa shape index (κ2) is 8.99. The summed E-state index contributed by atoms with van der Waals surface area (Å²) in [5.41, 5.74) is 5.49. The van der Waals surface area contributed by atoms with E-state index in [-0.39, 0.29) is 12.0 Å². The number of carbonyl (C=O) groups is 1. The first-order chi connectivity index (χ1) is 10.7. The Morgan fingerprint density at radius 3 is 2.52 bits per heavy atom. The average Bonchev–Trinajstić information content (AvgIpc) is 2.44. The number of nitrogens with zero attached hydrogens (tertiary/aromatic N) is 2. The zero-order valence-corrected chi connectivity index (χ0v) is 15.4.